The predicted molar refractivity (Wildman–Crippen MR) is 105 cm³/mol. The fraction of sp³-hybridized carbons (Fsp3) is 0.650. The lowest BCUT2D eigenvalue weighted by atomic mass is 9.79. The maximum atomic E-state index is 11.9. The van der Waals surface area contributed by atoms with Crippen LogP contribution in [0.4, 0.5) is 11.5 Å². The highest BCUT2D eigenvalue weighted by Crippen LogP contribution is 2.32. The van der Waals surface area contributed by atoms with E-state index >= 15 is 0 Å². The monoisotopic (exact) mass is 371 g/mol. The van der Waals surface area contributed by atoms with Crippen LogP contribution in [0, 0.1) is 11.8 Å². The van der Waals surface area contributed by atoms with Gasteiger partial charge < -0.3 is 15.5 Å². The molecule has 3 fully saturated rings. The molecule has 3 saturated heterocycles. The number of anilines is 2. The third kappa shape index (κ3) is 4.40. The average molecular weight is 371 g/mol. The van der Waals surface area contributed by atoms with Gasteiger partial charge in [-0.2, -0.15) is 0 Å². The molecule has 4 heterocycles. The summed E-state index contributed by atoms with van der Waals surface area (Å²) in [6.07, 6.45) is 7.95. The highest BCUT2D eigenvalue weighted by molar-refractivity contribution is 6.01. The SMILES string of the molecule is O=C1CCC(Nc2ccc(N3CCC(C4CCNCC4)CC3)cn2)C(=O)N1. The normalized spacial score (nSPS) is 25.3. The standard InChI is InChI=1S/C20H29N5O2/c26-19-4-2-17(20(27)24-19)23-18-3-1-16(13-22-18)25-11-7-15(8-12-25)14-5-9-21-10-6-14/h1,3,13-15,17,21H,2,4-12H2,(H,22,23)(H,24,26,27). The molecular weight excluding hydrogens is 342 g/mol. The smallest absolute Gasteiger partial charge is 0.249 e. The Labute approximate surface area is 160 Å². The van der Waals surface area contributed by atoms with Gasteiger partial charge in [0.25, 0.3) is 0 Å². The molecule has 0 spiro atoms. The molecular formula is C20H29N5O2. The molecule has 1 atom stereocenters. The van der Waals surface area contributed by atoms with Crippen molar-refractivity contribution in [2.45, 2.75) is 44.6 Å². The number of hydrogen-bond acceptors (Lipinski definition) is 6. The van der Waals surface area contributed by atoms with Gasteiger partial charge in [-0.05, 0) is 69.2 Å². The van der Waals surface area contributed by atoms with Crippen LogP contribution >= 0.6 is 0 Å². The summed E-state index contributed by atoms with van der Waals surface area (Å²) in [6, 6.07) is 3.62. The van der Waals surface area contributed by atoms with Crippen LogP contribution in [0.25, 0.3) is 0 Å². The van der Waals surface area contributed by atoms with Gasteiger partial charge in [-0.15, -0.1) is 0 Å². The van der Waals surface area contributed by atoms with Gasteiger partial charge in [0.1, 0.15) is 11.9 Å². The second-order valence-corrected chi connectivity index (χ2v) is 7.96. The molecule has 0 aliphatic carbocycles. The number of rotatable bonds is 4. The minimum Gasteiger partial charge on any atom is -0.370 e. The first kappa shape index (κ1) is 18.2. The Balaban J connectivity index is 1.29. The Morgan fingerprint density at radius 2 is 1.74 bits per heavy atom. The first-order valence-electron chi connectivity index (χ1n) is 10.2. The molecule has 3 aliphatic heterocycles. The second kappa shape index (κ2) is 8.25. The van der Waals surface area contributed by atoms with E-state index in [1.165, 1.54) is 38.8 Å². The lowest BCUT2D eigenvalue weighted by Crippen LogP contribution is -2.47. The first-order valence-corrected chi connectivity index (χ1v) is 10.2. The molecule has 3 N–H and O–H groups in total. The number of piperidine rings is 3. The van der Waals surface area contributed by atoms with E-state index in [2.05, 4.69) is 31.9 Å². The fourth-order valence-electron chi connectivity index (χ4n) is 4.61. The van der Waals surface area contributed by atoms with E-state index < -0.39 is 0 Å². The zero-order valence-corrected chi connectivity index (χ0v) is 15.7. The Morgan fingerprint density at radius 1 is 1.00 bits per heavy atom. The maximum Gasteiger partial charge on any atom is 0.249 e. The van der Waals surface area contributed by atoms with E-state index in [1.807, 2.05) is 12.3 Å². The van der Waals surface area contributed by atoms with Crippen molar-refractivity contribution in [1.29, 1.82) is 0 Å². The number of nitrogens with one attached hydrogen (secondary N) is 3. The molecule has 4 rings (SSSR count). The van der Waals surface area contributed by atoms with Crippen LogP contribution < -0.4 is 20.9 Å². The van der Waals surface area contributed by atoms with E-state index in [0.29, 0.717) is 18.7 Å². The van der Waals surface area contributed by atoms with Gasteiger partial charge >= 0.3 is 0 Å². The van der Waals surface area contributed by atoms with Gasteiger partial charge in [0.2, 0.25) is 11.8 Å². The van der Waals surface area contributed by atoms with Crippen molar-refractivity contribution in [3.63, 3.8) is 0 Å². The van der Waals surface area contributed by atoms with E-state index in [0.717, 1.165) is 30.6 Å². The highest BCUT2D eigenvalue weighted by atomic mass is 16.2. The van der Waals surface area contributed by atoms with E-state index in [-0.39, 0.29) is 17.9 Å². The molecule has 1 aromatic heterocycles. The lowest BCUT2D eigenvalue weighted by Gasteiger charge is -2.38. The zero-order valence-electron chi connectivity index (χ0n) is 15.7. The van der Waals surface area contributed by atoms with Crippen LogP contribution in [0.1, 0.15) is 38.5 Å². The Kier molecular flexibility index (Phi) is 5.57. The van der Waals surface area contributed by atoms with Crippen molar-refractivity contribution >= 4 is 23.3 Å². The summed E-state index contributed by atoms with van der Waals surface area (Å²) < 4.78 is 0. The van der Waals surface area contributed by atoms with Gasteiger partial charge in [-0.3, -0.25) is 14.9 Å². The van der Waals surface area contributed by atoms with Crippen LogP contribution in [0.5, 0.6) is 0 Å². The number of pyridine rings is 1. The topological polar surface area (TPSA) is 86.4 Å². The number of nitrogens with zero attached hydrogens (tertiary/aromatic N) is 2. The largest absolute Gasteiger partial charge is 0.370 e. The summed E-state index contributed by atoms with van der Waals surface area (Å²) in [5.74, 6) is 1.97. The Hall–Kier alpha value is -2.15. The molecule has 0 radical (unpaired) electrons. The van der Waals surface area contributed by atoms with E-state index in [1.54, 1.807) is 0 Å². The third-order valence-corrected chi connectivity index (χ3v) is 6.26. The van der Waals surface area contributed by atoms with E-state index in [9.17, 15) is 9.59 Å². The van der Waals surface area contributed by atoms with Crippen molar-refractivity contribution in [3.05, 3.63) is 18.3 Å². The number of carbonyl (C=O) groups excluding carboxylic acids is 2. The Morgan fingerprint density at radius 3 is 2.41 bits per heavy atom. The quantitative estimate of drug-likeness (QED) is 0.696. The number of carbonyl (C=O) groups is 2. The summed E-state index contributed by atoms with van der Waals surface area (Å²) in [6.45, 7) is 4.54. The minimum atomic E-state index is -0.387. The van der Waals surface area contributed by atoms with Gasteiger partial charge in [-0.25, -0.2) is 4.98 Å². The first-order chi connectivity index (χ1) is 13.2. The highest BCUT2D eigenvalue weighted by Gasteiger charge is 2.28. The van der Waals surface area contributed by atoms with Crippen LogP contribution in [0.2, 0.25) is 0 Å². The third-order valence-electron chi connectivity index (χ3n) is 6.26. The summed E-state index contributed by atoms with van der Waals surface area (Å²) in [4.78, 5) is 30.0. The van der Waals surface area contributed by atoms with Crippen LogP contribution in [-0.2, 0) is 9.59 Å². The lowest BCUT2D eigenvalue weighted by molar-refractivity contribution is -0.133. The minimum absolute atomic E-state index is 0.200. The molecule has 0 aromatic carbocycles. The van der Waals surface area contributed by atoms with Crippen LogP contribution in [-0.4, -0.2) is 49.0 Å². The molecule has 7 nitrogen and oxygen atoms in total. The van der Waals surface area contributed by atoms with Crippen molar-refractivity contribution in [2.24, 2.45) is 11.8 Å². The molecule has 0 bridgehead atoms. The molecule has 27 heavy (non-hydrogen) atoms. The maximum absolute atomic E-state index is 11.9. The van der Waals surface area contributed by atoms with Crippen LogP contribution in [0.15, 0.2) is 18.3 Å². The zero-order chi connectivity index (χ0) is 18.6. The second-order valence-electron chi connectivity index (χ2n) is 7.96. The van der Waals surface area contributed by atoms with Gasteiger partial charge in [0, 0.05) is 19.5 Å². The number of hydrogen-bond donors (Lipinski definition) is 3. The molecule has 2 amide bonds. The summed E-state index contributed by atoms with van der Waals surface area (Å²) >= 11 is 0. The molecule has 0 saturated carbocycles. The van der Waals surface area contributed by atoms with Crippen molar-refractivity contribution < 1.29 is 9.59 Å². The predicted octanol–water partition coefficient (Wildman–Crippen LogP) is 1.51. The number of aromatic nitrogens is 1. The molecule has 3 aliphatic rings. The van der Waals surface area contributed by atoms with E-state index in [4.69, 9.17) is 0 Å². The number of imide groups is 1. The summed E-state index contributed by atoms with van der Waals surface area (Å²) in [5, 5.41) is 8.96. The summed E-state index contributed by atoms with van der Waals surface area (Å²) in [7, 11) is 0. The molecule has 7 heteroatoms. The number of amides is 2. The van der Waals surface area contributed by atoms with Gasteiger partial charge in [0.15, 0.2) is 0 Å². The molecule has 146 valence electrons. The fourth-order valence-corrected chi connectivity index (χ4v) is 4.61. The molecule has 1 aromatic rings. The van der Waals surface area contributed by atoms with Gasteiger partial charge in [-0.1, -0.05) is 0 Å². The Bertz CT molecular complexity index is 663. The molecule has 1 unspecified atom stereocenters. The van der Waals surface area contributed by atoms with Crippen molar-refractivity contribution in [1.82, 2.24) is 15.6 Å². The van der Waals surface area contributed by atoms with Gasteiger partial charge in [0.05, 0.1) is 11.9 Å². The summed E-state index contributed by atoms with van der Waals surface area (Å²) in [5.41, 5.74) is 1.15. The average Bonchev–Trinajstić information content (AvgIpc) is 2.71. The van der Waals surface area contributed by atoms with Crippen molar-refractivity contribution in [3.8, 4) is 0 Å². The van der Waals surface area contributed by atoms with Crippen molar-refractivity contribution in [2.75, 3.05) is 36.4 Å². The van der Waals surface area contributed by atoms with Crippen LogP contribution in [0.3, 0.4) is 0 Å².